The summed E-state index contributed by atoms with van der Waals surface area (Å²) < 4.78 is 62.7. The molecule has 226 valence electrons. The second kappa shape index (κ2) is 11.8. The Morgan fingerprint density at radius 3 is 2.48 bits per heavy atom. The van der Waals surface area contributed by atoms with Crippen molar-refractivity contribution in [1.82, 2.24) is 19.5 Å². The molecule has 1 fully saturated rings. The number of aliphatic hydroxyl groups is 2. The van der Waals surface area contributed by atoms with Gasteiger partial charge in [-0.3, -0.25) is 14.0 Å². The van der Waals surface area contributed by atoms with Crippen LogP contribution in [0.3, 0.4) is 0 Å². The molecule has 1 aliphatic heterocycles. The van der Waals surface area contributed by atoms with Gasteiger partial charge in [0.05, 0.1) is 12.9 Å². The molecule has 0 aliphatic carbocycles. The number of nitrogen functional groups attached to an aromatic ring is 1. The number of aliphatic hydroxyl groups excluding tert-OH is 2. The highest BCUT2D eigenvalue weighted by Crippen LogP contribution is 2.67. The molecule has 3 unspecified atom stereocenters. The standard InChI is InChI=1S/C20H21IN5O13P3/c21-11-4-5-12-10(6-11)2-1-3-13(12)37-41(31,32)39-42(33,34)38-40(29,30)35-7-14-16(27)17(28)20(36-14)26-9-25-15-18(22)23-8-24-19(15)26/h1-6,8-9,14,16-17,20,27-28H,7H2,(H,29,30)(H,31,32)(H,33,34)(H2,22,23,24)/t14-,16-,17-,20-/m1/s1. The van der Waals surface area contributed by atoms with Crippen molar-refractivity contribution in [2.45, 2.75) is 24.5 Å². The minimum atomic E-state index is -5.78. The number of aromatic nitrogens is 4. The maximum atomic E-state index is 12.5. The number of halogens is 1. The van der Waals surface area contributed by atoms with Gasteiger partial charge in [0, 0.05) is 8.96 Å². The highest BCUT2D eigenvalue weighted by molar-refractivity contribution is 14.1. The largest absolute Gasteiger partial charge is 0.536 e. The number of benzene rings is 2. The first-order valence-electron chi connectivity index (χ1n) is 11.5. The molecule has 2 aromatic heterocycles. The number of hydrogen-bond donors (Lipinski definition) is 6. The first kappa shape index (κ1) is 31.3. The summed E-state index contributed by atoms with van der Waals surface area (Å²) in [5.41, 5.74) is 6.09. The predicted molar refractivity (Wildman–Crippen MR) is 151 cm³/mol. The number of nitrogens with zero attached hydrogens (tertiary/aromatic N) is 4. The molecule has 22 heteroatoms. The van der Waals surface area contributed by atoms with Crippen LogP contribution in [0.25, 0.3) is 21.9 Å². The van der Waals surface area contributed by atoms with Gasteiger partial charge in [-0.05, 0) is 52.2 Å². The molecule has 0 bridgehead atoms. The summed E-state index contributed by atoms with van der Waals surface area (Å²) in [7, 11) is -16.7. The Hall–Kier alpha value is -2.09. The number of ether oxygens (including phenoxy) is 1. The smallest absolute Gasteiger partial charge is 0.403 e. The molecule has 42 heavy (non-hydrogen) atoms. The Morgan fingerprint density at radius 2 is 1.71 bits per heavy atom. The van der Waals surface area contributed by atoms with Crippen LogP contribution < -0.4 is 10.3 Å². The third-order valence-electron chi connectivity index (χ3n) is 5.83. The molecule has 0 radical (unpaired) electrons. The molecule has 0 amide bonds. The first-order valence-corrected chi connectivity index (χ1v) is 17.1. The zero-order valence-corrected chi connectivity index (χ0v) is 25.6. The van der Waals surface area contributed by atoms with Gasteiger partial charge in [0.25, 0.3) is 0 Å². The van der Waals surface area contributed by atoms with E-state index in [9.17, 15) is 38.6 Å². The first-order chi connectivity index (χ1) is 19.6. The number of phosphoric ester groups is 2. The van der Waals surface area contributed by atoms with Crippen molar-refractivity contribution >= 4 is 73.8 Å². The van der Waals surface area contributed by atoms with Gasteiger partial charge in [0.2, 0.25) is 0 Å². The van der Waals surface area contributed by atoms with Crippen molar-refractivity contribution in [3.05, 3.63) is 52.6 Å². The lowest BCUT2D eigenvalue weighted by molar-refractivity contribution is -0.0503. The van der Waals surface area contributed by atoms with Gasteiger partial charge in [-0.1, -0.05) is 12.1 Å². The summed E-state index contributed by atoms with van der Waals surface area (Å²) in [6.07, 6.45) is -3.69. The second-order valence-electron chi connectivity index (χ2n) is 8.71. The third kappa shape index (κ3) is 6.84. The SMILES string of the molecule is Nc1ncnc2c1ncn2[C@@H]1O[C@H](COP(=O)(O)OP(=O)(O)OP(=O)(O)Oc2cccc3cc(I)ccc23)[C@@H](O)[C@H]1O. The van der Waals surface area contributed by atoms with Gasteiger partial charge in [-0.15, -0.1) is 0 Å². The Bertz CT molecular complexity index is 1790. The molecule has 1 aliphatic rings. The fourth-order valence-electron chi connectivity index (χ4n) is 4.07. The average Bonchev–Trinajstić information content (AvgIpc) is 3.43. The topological polar surface area (TPSA) is 268 Å². The monoisotopic (exact) mass is 759 g/mol. The third-order valence-corrected chi connectivity index (χ3v) is 10.7. The van der Waals surface area contributed by atoms with Crippen molar-refractivity contribution in [2.24, 2.45) is 0 Å². The number of fused-ring (bicyclic) bond motifs is 2. The molecule has 2 aromatic carbocycles. The summed E-state index contributed by atoms with van der Waals surface area (Å²) in [4.78, 5) is 41.8. The lowest BCUT2D eigenvalue weighted by atomic mass is 10.1. The highest BCUT2D eigenvalue weighted by atomic mass is 127. The zero-order chi connectivity index (χ0) is 30.4. The van der Waals surface area contributed by atoms with Crippen LogP contribution in [0, 0.1) is 3.57 Å². The van der Waals surface area contributed by atoms with Crippen LogP contribution in [-0.2, 0) is 31.6 Å². The van der Waals surface area contributed by atoms with Gasteiger partial charge in [-0.25, -0.2) is 28.6 Å². The van der Waals surface area contributed by atoms with Gasteiger partial charge >= 0.3 is 23.5 Å². The summed E-state index contributed by atoms with van der Waals surface area (Å²) in [5, 5.41) is 21.9. The van der Waals surface area contributed by atoms with Crippen LogP contribution >= 0.6 is 46.1 Å². The van der Waals surface area contributed by atoms with Crippen molar-refractivity contribution < 1.29 is 61.0 Å². The number of phosphoric acid groups is 3. The van der Waals surface area contributed by atoms with Crippen molar-refractivity contribution in [1.29, 1.82) is 0 Å². The van der Waals surface area contributed by atoms with E-state index in [4.69, 9.17) is 15.0 Å². The Kier molecular flexibility index (Phi) is 8.79. The van der Waals surface area contributed by atoms with Gasteiger partial charge in [-0.2, -0.15) is 8.62 Å². The number of hydrogen-bond acceptors (Lipinski definition) is 14. The van der Waals surface area contributed by atoms with Crippen molar-refractivity contribution in [2.75, 3.05) is 12.3 Å². The van der Waals surface area contributed by atoms with E-state index in [0.29, 0.717) is 10.8 Å². The van der Waals surface area contributed by atoms with Crippen LogP contribution in [0.4, 0.5) is 5.82 Å². The average molecular weight is 759 g/mol. The summed E-state index contributed by atoms with van der Waals surface area (Å²) >= 11 is 2.06. The predicted octanol–water partition coefficient (Wildman–Crippen LogP) is 2.22. The molecule has 7 atom stereocenters. The van der Waals surface area contributed by atoms with Gasteiger partial charge in [0.15, 0.2) is 17.7 Å². The maximum absolute atomic E-state index is 12.5. The Morgan fingerprint density at radius 1 is 0.976 bits per heavy atom. The molecule has 0 spiro atoms. The maximum Gasteiger partial charge on any atom is 0.536 e. The van der Waals surface area contributed by atoms with E-state index < -0.39 is 54.6 Å². The number of imidazole rings is 1. The molecule has 0 saturated carbocycles. The van der Waals surface area contributed by atoms with Gasteiger partial charge < -0.3 is 35.0 Å². The lowest BCUT2D eigenvalue weighted by Gasteiger charge is -2.20. The molecule has 5 rings (SSSR count). The number of nitrogens with two attached hydrogens (primary N) is 1. The second-order valence-corrected chi connectivity index (χ2v) is 14.5. The fourth-order valence-corrected chi connectivity index (χ4v) is 8.12. The van der Waals surface area contributed by atoms with Crippen molar-refractivity contribution in [3.8, 4) is 5.75 Å². The Labute approximate surface area is 249 Å². The summed E-state index contributed by atoms with van der Waals surface area (Å²) in [6.45, 7) is -0.950. The van der Waals surface area contributed by atoms with E-state index in [0.717, 1.165) is 9.90 Å². The van der Waals surface area contributed by atoms with Gasteiger partial charge in [0.1, 0.15) is 35.9 Å². The highest BCUT2D eigenvalue weighted by Gasteiger charge is 2.47. The van der Waals surface area contributed by atoms with Crippen LogP contribution in [0.1, 0.15) is 6.23 Å². The minimum Gasteiger partial charge on any atom is -0.403 e. The van der Waals surface area contributed by atoms with E-state index in [1.54, 1.807) is 24.3 Å². The van der Waals surface area contributed by atoms with E-state index in [1.807, 2.05) is 0 Å². The molecule has 1 saturated heterocycles. The van der Waals surface area contributed by atoms with Crippen LogP contribution in [0.15, 0.2) is 49.1 Å². The Balaban J connectivity index is 1.22. The minimum absolute atomic E-state index is 0.0467. The molecule has 3 heterocycles. The summed E-state index contributed by atoms with van der Waals surface area (Å²) in [5.74, 6) is -0.135. The number of rotatable bonds is 10. The van der Waals surface area contributed by atoms with E-state index in [2.05, 4.69) is 50.7 Å². The van der Waals surface area contributed by atoms with E-state index >= 15 is 0 Å². The fraction of sp³-hybridized carbons (Fsp3) is 0.250. The van der Waals surface area contributed by atoms with E-state index in [1.165, 1.54) is 23.0 Å². The molecular weight excluding hydrogens is 738 g/mol. The molecule has 7 N–H and O–H groups in total. The van der Waals surface area contributed by atoms with Crippen LogP contribution in [0.5, 0.6) is 5.75 Å². The van der Waals surface area contributed by atoms with Crippen LogP contribution in [-0.4, -0.2) is 69.3 Å². The summed E-state index contributed by atoms with van der Waals surface area (Å²) in [6, 6.07) is 9.51. The van der Waals surface area contributed by atoms with Crippen LogP contribution in [0.2, 0.25) is 0 Å². The van der Waals surface area contributed by atoms with Crippen molar-refractivity contribution in [3.63, 3.8) is 0 Å². The number of anilines is 1. The molecule has 18 nitrogen and oxygen atoms in total. The normalized spacial score (nSPS) is 25.2. The quantitative estimate of drug-likeness (QED) is 0.0999. The van der Waals surface area contributed by atoms with E-state index in [-0.39, 0.29) is 22.7 Å². The molecule has 4 aromatic rings. The molecular formula is C20H21IN5O13P3. The lowest BCUT2D eigenvalue weighted by Crippen LogP contribution is -2.33. The zero-order valence-electron chi connectivity index (χ0n) is 20.7.